The van der Waals surface area contributed by atoms with Gasteiger partial charge in [-0.15, -0.1) is 0 Å². The van der Waals surface area contributed by atoms with Gasteiger partial charge in [-0.1, -0.05) is 42.5 Å². The largest absolute Gasteiger partial charge is 0.489 e. The number of nitrogens with one attached hydrogen (secondary N) is 2. The summed E-state index contributed by atoms with van der Waals surface area (Å²) in [6, 6.07) is 26.4. The van der Waals surface area contributed by atoms with E-state index in [2.05, 4.69) is 4.72 Å². The molecule has 0 aliphatic rings. The first-order valence-electron chi connectivity index (χ1n) is 11.1. The van der Waals surface area contributed by atoms with Crippen LogP contribution in [0.1, 0.15) is 16.7 Å². The molecule has 0 aliphatic carbocycles. The Morgan fingerprint density at radius 3 is 2.11 bits per heavy atom. The van der Waals surface area contributed by atoms with E-state index < -0.39 is 19.9 Å². The van der Waals surface area contributed by atoms with Crippen molar-refractivity contribution in [3.63, 3.8) is 0 Å². The highest BCUT2D eigenvalue weighted by molar-refractivity contribution is 7.95. The molecule has 8 nitrogen and oxygen atoms in total. The van der Waals surface area contributed by atoms with Gasteiger partial charge in [0.25, 0.3) is 10.0 Å². The zero-order valence-corrected chi connectivity index (χ0v) is 21.5. The van der Waals surface area contributed by atoms with Crippen LogP contribution >= 0.6 is 0 Å². The molecule has 0 bridgehead atoms. The van der Waals surface area contributed by atoms with Crippen LogP contribution in [-0.2, 0) is 26.5 Å². The van der Waals surface area contributed by atoms with Crippen molar-refractivity contribution in [2.24, 2.45) is 0 Å². The van der Waals surface area contributed by atoms with Crippen molar-refractivity contribution >= 4 is 36.9 Å². The minimum atomic E-state index is -4.24. The Balaban J connectivity index is 1.55. The van der Waals surface area contributed by atoms with Crippen LogP contribution in [0.25, 0.3) is 0 Å². The molecule has 0 aromatic heterocycles. The summed E-state index contributed by atoms with van der Waals surface area (Å²) < 4.78 is 58.4. The van der Waals surface area contributed by atoms with Gasteiger partial charge < -0.3 is 10.5 Å². The first kappa shape index (κ1) is 25.9. The third kappa shape index (κ3) is 6.16. The minimum Gasteiger partial charge on any atom is -0.489 e. The molecule has 10 heteroatoms. The molecule has 0 unspecified atom stereocenters. The van der Waals surface area contributed by atoms with Gasteiger partial charge in [0.15, 0.2) is 9.84 Å². The summed E-state index contributed by atoms with van der Waals surface area (Å²) in [5.41, 5.74) is 8.52. The number of hydrogen-bond acceptors (Lipinski definition) is 7. The summed E-state index contributed by atoms with van der Waals surface area (Å²) >= 11 is 0. The first-order valence-corrected chi connectivity index (χ1v) is 14.5. The molecular formula is C27H25N3O5S2. The first-order chi connectivity index (χ1) is 17.5. The van der Waals surface area contributed by atoms with Crippen molar-refractivity contribution in [3.05, 3.63) is 114 Å². The average molecular weight is 536 g/mol. The van der Waals surface area contributed by atoms with Gasteiger partial charge in [-0.05, 0) is 60.2 Å². The van der Waals surface area contributed by atoms with Gasteiger partial charge in [-0.25, -0.2) is 16.8 Å². The number of nitrogens with two attached hydrogens (primary N) is 1. The molecule has 4 N–H and O–H groups in total. The molecule has 0 fully saturated rings. The van der Waals surface area contributed by atoms with Gasteiger partial charge in [-0.2, -0.15) is 0 Å². The molecule has 37 heavy (non-hydrogen) atoms. The second kappa shape index (κ2) is 10.5. The number of sulfone groups is 1. The lowest BCUT2D eigenvalue weighted by atomic mass is 10.0. The highest BCUT2D eigenvalue weighted by Crippen LogP contribution is 2.27. The van der Waals surface area contributed by atoms with Crippen molar-refractivity contribution < 1.29 is 21.6 Å². The van der Waals surface area contributed by atoms with E-state index in [-0.39, 0.29) is 26.9 Å². The van der Waals surface area contributed by atoms with Gasteiger partial charge in [0, 0.05) is 28.8 Å². The molecule has 190 valence electrons. The van der Waals surface area contributed by atoms with E-state index in [1.807, 2.05) is 30.3 Å². The van der Waals surface area contributed by atoms with E-state index in [0.29, 0.717) is 23.5 Å². The van der Waals surface area contributed by atoms with E-state index in [1.165, 1.54) is 42.5 Å². The van der Waals surface area contributed by atoms with Gasteiger partial charge in [0.05, 0.1) is 10.6 Å². The topological polar surface area (TPSA) is 139 Å². The summed E-state index contributed by atoms with van der Waals surface area (Å²) in [6.07, 6.45) is 0.946. The van der Waals surface area contributed by atoms with E-state index in [9.17, 15) is 16.8 Å². The lowest BCUT2D eigenvalue weighted by Gasteiger charge is -2.14. The summed E-state index contributed by atoms with van der Waals surface area (Å²) in [4.78, 5) is -0.669. The number of sulfonamides is 1. The molecule has 0 saturated carbocycles. The predicted octanol–water partition coefficient (Wildman–Crippen LogP) is 4.47. The van der Waals surface area contributed by atoms with Crippen molar-refractivity contribution in [2.45, 2.75) is 16.4 Å². The monoisotopic (exact) mass is 535 g/mol. The van der Waals surface area contributed by atoms with Crippen molar-refractivity contribution in [2.75, 3.05) is 16.7 Å². The molecule has 0 saturated heterocycles. The number of anilines is 2. The quantitative estimate of drug-likeness (QED) is 0.213. The Bertz CT molecular complexity index is 1650. The maximum atomic E-state index is 13.0. The number of hydrogen-bond donors (Lipinski definition) is 3. The Morgan fingerprint density at radius 2 is 1.46 bits per heavy atom. The third-order valence-corrected chi connectivity index (χ3v) is 8.23. The standard InChI is InChI=1S/C27H25N3O5S2/c1-36(31,32)25-9-5-6-10-26(25)37(33,34)30-21-13-16-24(28)23(17-21)27(29)20-11-14-22(15-12-20)35-18-19-7-3-2-4-8-19/h2-17,29-30H,18,28H2,1H3. The van der Waals surface area contributed by atoms with Crippen LogP contribution in [0.2, 0.25) is 0 Å². The fourth-order valence-corrected chi connectivity index (χ4v) is 6.32. The van der Waals surface area contributed by atoms with Crippen LogP contribution < -0.4 is 15.2 Å². The molecule has 4 rings (SSSR count). The normalized spacial score (nSPS) is 11.6. The molecule has 0 amide bonds. The SMILES string of the molecule is CS(=O)(=O)c1ccccc1S(=O)(=O)Nc1ccc(N)c(C(=N)c2ccc(OCc3ccccc3)cc2)c1. The molecule has 0 spiro atoms. The van der Waals surface area contributed by atoms with Crippen molar-refractivity contribution in [1.82, 2.24) is 0 Å². The molecule has 0 aliphatic heterocycles. The smallest absolute Gasteiger partial charge is 0.263 e. The van der Waals surface area contributed by atoms with E-state index in [4.69, 9.17) is 15.9 Å². The van der Waals surface area contributed by atoms with E-state index in [0.717, 1.165) is 11.8 Å². The summed E-state index contributed by atoms with van der Waals surface area (Å²) in [7, 11) is -8.02. The van der Waals surface area contributed by atoms with Crippen molar-refractivity contribution in [3.8, 4) is 5.75 Å². The fraction of sp³-hybridized carbons (Fsp3) is 0.0741. The summed E-state index contributed by atoms with van der Waals surface area (Å²) in [5, 5.41) is 8.65. The van der Waals surface area contributed by atoms with Crippen LogP contribution in [0.3, 0.4) is 0 Å². The predicted molar refractivity (Wildman–Crippen MR) is 144 cm³/mol. The second-order valence-corrected chi connectivity index (χ2v) is 11.9. The number of nitrogen functional groups attached to an aromatic ring is 1. The molecule has 4 aromatic carbocycles. The molecular weight excluding hydrogens is 510 g/mol. The van der Waals surface area contributed by atoms with Gasteiger partial charge in [-0.3, -0.25) is 10.1 Å². The van der Waals surface area contributed by atoms with E-state index in [1.54, 1.807) is 24.3 Å². The highest BCUT2D eigenvalue weighted by atomic mass is 32.2. The second-order valence-electron chi connectivity index (χ2n) is 8.30. The van der Waals surface area contributed by atoms with Crippen LogP contribution in [0.5, 0.6) is 5.75 Å². The van der Waals surface area contributed by atoms with Crippen LogP contribution in [0, 0.1) is 5.41 Å². The van der Waals surface area contributed by atoms with Crippen molar-refractivity contribution in [1.29, 1.82) is 5.41 Å². The lowest BCUT2D eigenvalue weighted by Crippen LogP contribution is -2.17. The fourth-order valence-electron chi connectivity index (χ4n) is 3.64. The summed E-state index contributed by atoms with van der Waals surface area (Å²) in [5.74, 6) is 0.638. The molecule has 0 atom stereocenters. The number of benzene rings is 4. The number of rotatable bonds is 9. The highest BCUT2D eigenvalue weighted by Gasteiger charge is 2.24. The Morgan fingerprint density at radius 1 is 0.838 bits per heavy atom. The lowest BCUT2D eigenvalue weighted by molar-refractivity contribution is 0.306. The Labute approximate surface area is 216 Å². The van der Waals surface area contributed by atoms with E-state index >= 15 is 0 Å². The third-order valence-electron chi connectivity index (χ3n) is 5.50. The van der Waals surface area contributed by atoms with Gasteiger partial charge >= 0.3 is 0 Å². The van der Waals surface area contributed by atoms with Crippen LogP contribution in [0.4, 0.5) is 11.4 Å². The van der Waals surface area contributed by atoms with Gasteiger partial charge in [0.2, 0.25) is 0 Å². The number of ether oxygens (including phenoxy) is 1. The zero-order chi connectivity index (χ0) is 26.6. The maximum absolute atomic E-state index is 13.0. The summed E-state index contributed by atoms with van der Waals surface area (Å²) in [6.45, 7) is 0.412. The minimum absolute atomic E-state index is 0.0877. The zero-order valence-electron chi connectivity index (χ0n) is 19.9. The Kier molecular flexibility index (Phi) is 7.33. The molecule has 4 aromatic rings. The van der Waals surface area contributed by atoms with Crippen LogP contribution in [-0.4, -0.2) is 28.8 Å². The average Bonchev–Trinajstić information content (AvgIpc) is 2.88. The molecule has 0 radical (unpaired) electrons. The van der Waals surface area contributed by atoms with Crippen LogP contribution in [0.15, 0.2) is 107 Å². The Hall–Kier alpha value is -4.15. The molecule has 0 heterocycles. The maximum Gasteiger partial charge on any atom is 0.263 e. The van der Waals surface area contributed by atoms with Gasteiger partial charge in [0.1, 0.15) is 17.3 Å².